The van der Waals surface area contributed by atoms with Crippen LogP contribution >= 0.6 is 0 Å². The lowest BCUT2D eigenvalue weighted by atomic mass is 10.2. The van der Waals surface area contributed by atoms with Crippen molar-refractivity contribution >= 4 is 11.8 Å². The van der Waals surface area contributed by atoms with Gasteiger partial charge in [0.05, 0.1) is 12.7 Å². The zero-order valence-electron chi connectivity index (χ0n) is 14.2. The van der Waals surface area contributed by atoms with Crippen LogP contribution in [0.25, 0.3) is 0 Å². The van der Waals surface area contributed by atoms with Crippen molar-refractivity contribution in [2.75, 3.05) is 19.7 Å². The second-order valence-corrected chi connectivity index (χ2v) is 5.83. The molecule has 11 nitrogen and oxygen atoms in total. The predicted molar refractivity (Wildman–Crippen MR) is 84.3 cm³/mol. The maximum Gasteiger partial charge on any atom is 0.471 e. The number of carbonyl (C=O) groups is 2. The van der Waals surface area contributed by atoms with Gasteiger partial charge >= 0.3 is 17.8 Å². The Hall–Kier alpha value is -2.71. The van der Waals surface area contributed by atoms with Gasteiger partial charge in [-0.05, 0) is 0 Å². The third-order valence-corrected chi connectivity index (χ3v) is 3.86. The number of aromatic amines is 1. The maximum atomic E-state index is 12.1. The fourth-order valence-electron chi connectivity index (χ4n) is 2.46. The average Bonchev–Trinajstić information content (AvgIpc) is 2.98. The summed E-state index contributed by atoms with van der Waals surface area (Å²) >= 11 is 0. The van der Waals surface area contributed by atoms with E-state index in [-0.39, 0.29) is 6.42 Å². The summed E-state index contributed by atoms with van der Waals surface area (Å²) in [6, 6.07) is 0. The minimum absolute atomic E-state index is 0.0816. The van der Waals surface area contributed by atoms with E-state index >= 15 is 0 Å². The molecule has 0 unspecified atom stereocenters. The molecule has 1 aliphatic heterocycles. The zero-order valence-corrected chi connectivity index (χ0v) is 14.2. The lowest BCUT2D eigenvalue weighted by molar-refractivity contribution is -0.173. The van der Waals surface area contributed by atoms with Crippen molar-refractivity contribution in [2.45, 2.75) is 31.0 Å². The van der Waals surface area contributed by atoms with Gasteiger partial charge in [-0.15, -0.1) is 0 Å². The second kappa shape index (κ2) is 8.53. The normalized spacial score (nSPS) is 22.1. The van der Waals surface area contributed by atoms with Crippen molar-refractivity contribution in [3.05, 3.63) is 32.6 Å². The Morgan fingerprint density at radius 1 is 1.29 bits per heavy atom. The quantitative estimate of drug-likeness (QED) is 0.326. The number of alkyl halides is 3. The summed E-state index contributed by atoms with van der Waals surface area (Å²) in [6.07, 6.45) is -7.32. The first-order valence-electron chi connectivity index (χ1n) is 7.97. The molecule has 2 amide bonds. The molecule has 0 aliphatic carbocycles. The van der Waals surface area contributed by atoms with Gasteiger partial charge in [0.2, 0.25) is 0 Å². The monoisotopic (exact) mass is 410 g/mol. The standard InChI is InChI=1S/C14H17F3N4O7/c15-14(16,17)12(26)19-2-1-18-10(24)6-4-21(13(27)20-11(6)25)9-3-7(23)8(5-22)28-9/h4,7-9,22-23H,1-3,5H2,(H,18,24)(H,19,26)(H,20,25,27)/t7-,8+,9+/m0/s1. The molecule has 1 aromatic rings. The molecule has 1 saturated heterocycles. The van der Waals surface area contributed by atoms with Crippen molar-refractivity contribution in [2.24, 2.45) is 0 Å². The molecule has 0 aromatic carbocycles. The fraction of sp³-hybridized carbons (Fsp3) is 0.571. The molecule has 0 radical (unpaired) electrons. The number of ether oxygens (including phenoxy) is 1. The van der Waals surface area contributed by atoms with Crippen LogP contribution in [0.1, 0.15) is 23.0 Å². The number of amides is 2. The summed E-state index contributed by atoms with van der Waals surface area (Å²) in [6.45, 7) is -1.46. The van der Waals surface area contributed by atoms with Gasteiger partial charge in [0, 0.05) is 25.7 Å². The molecule has 5 N–H and O–H groups in total. The van der Waals surface area contributed by atoms with E-state index < -0.39 is 72.9 Å². The van der Waals surface area contributed by atoms with Crippen LogP contribution in [0.15, 0.2) is 15.8 Å². The summed E-state index contributed by atoms with van der Waals surface area (Å²) < 4.78 is 42.2. The minimum atomic E-state index is -5.06. The highest BCUT2D eigenvalue weighted by molar-refractivity contribution is 5.93. The number of halogens is 3. The molecule has 1 aromatic heterocycles. The van der Waals surface area contributed by atoms with E-state index in [0.717, 1.165) is 10.8 Å². The summed E-state index contributed by atoms with van der Waals surface area (Å²) in [5.74, 6) is -3.18. The number of aliphatic hydroxyl groups excluding tert-OH is 2. The Balaban J connectivity index is 2.05. The van der Waals surface area contributed by atoms with Gasteiger partial charge in [-0.25, -0.2) is 4.79 Å². The van der Waals surface area contributed by atoms with Gasteiger partial charge in [0.25, 0.3) is 11.5 Å². The van der Waals surface area contributed by atoms with Gasteiger partial charge in [-0.3, -0.25) is 23.9 Å². The van der Waals surface area contributed by atoms with Gasteiger partial charge in [0.15, 0.2) is 0 Å². The van der Waals surface area contributed by atoms with Gasteiger partial charge in [-0.2, -0.15) is 13.2 Å². The topological polar surface area (TPSA) is 163 Å². The van der Waals surface area contributed by atoms with E-state index in [9.17, 15) is 37.5 Å². The van der Waals surface area contributed by atoms with Crippen LogP contribution in [-0.4, -0.2) is 69.7 Å². The molecule has 2 rings (SSSR count). The van der Waals surface area contributed by atoms with Crippen LogP contribution in [-0.2, 0) is 9.53 Å². The molecular formula is C14H17F3N4O7. The van der Waals surface area contributed by atoms with Crippen molar-refractivity contribution in [3.63, 3.8) is 0 Å². The SMILES string of the molecule is O=C(NCCNC(=O)C(F)(F)F)c1cn([C@H]2C[C@H](O)[C@@H](CO)O2)c(=O)[nH]c1=O. The molecule has 0 saturated carbocycles. The highest BCUT2D eigenvalue weighted by Gasteiger charge is 2.38. The lowest BCUT2D eigenvalue weighted by Gasteiger charge is -2.15. The third kappa shape index (κ3) is 4.96. The Kier molecular flexibility index (Phi) is 6.58. The molecule has 14 heteroatoms. The van der Waals surface area contributed by atoms with E-state index in [0.29, 0.717) is 0 Å². The number of H-pyrrole nitrogens is 1. The van der Waals surface area contributed by atoms with Gasteiger partial charge in [0.1, 0.15) is 17.9 Å². The van der Waals surface area contributed by atoms with Crippen LogP contribution < -0.4 is 21.9 Å². The first-order valence-corrected chi connectivity index (χ1v) is 7.97. The smallest absolute Gasteiger partial charge is 0.394 e. The lowest BCUT2D eigenvalue weighted by Crippen LogP contribution is -2.42. The summed E-state index contributed by atoms with van der Waals surface area (Å²) in [5.41, 5.74) is -2.50. The third-order valence-electron chi connectivity index (χ3n) is 3.86. The van der Waals surface area contributed by atoms with Crippen molar-refractivity contribution in [1.82, 2.24) is 20.2 Å². The van der Waals surface area contributed by atoms with Crippen LogP contribution in [0.5, 0.6) is 0 Å². The molecule has 3 atom stereocenters. The number of hydrogen-bond donors (Lipinski definition) is 5. The van der Waals surface area contributed by atoms with Gasteiger partial charge < -0.3 is 25.6 Å². The van der Waals surface area contributed by atoms with Crippen LogP contribution in [0.2, 0.25) is 0 Å². The first kappa shape index (κ1) is 21.6. The molecule has 1 aliphatic rings. The molecular weight excluding hydrogens is 393 g/mol. The van der Waals surface area contributed by atoms with Gasteiger partial charge in [-0.1, -0.05) is 0 Å². The number of carbonyl (C=O) groups excluding carboxylic acids is 2. The average molecular weight is 410 g/mol. The molecule has 156 valence electrons. The van der Waals surface area contributed by atoms with Crippen molar-refractivity contribution < 1.29 is 37.7 Å². The van der Waals surface area contributed by atoms with E-state index in [1.807, 2.05) is 4.98 Å². The molecule has 1 fully saturated rings. The highest BCUT2D eigenvalue weighted by Crippen LogP contribution is 2.27. The van der Waals surface area contributed by atoms with Crippen molar-refractivity contribution in [1.29, 1.82) is 0 Å². The number of nitrogens with one attached hydrogen (secondary N) is 3. The number of hydrogen-bond acceptors (Lipinski definition) is 7. The van der Waals surface area contributed by atoms with E-state index in [1.165, 1.54) is 5.32 Å². The minimum Gasteiger partial charge on any atom is -0.394 e. The Bertz CT molecular complexity index is 851. The number of aromatic nitrogens is 2. The number of aliphatic hydroxyl groups is 2. The summed E-state index contributed by atoms with van der Waals surface area (Å²) in [7, 11) is 0. The van der Waals surface area contributed by atoms with Crippen LogP contribution in [0.3, 0.4) is 0 Å². The van der Waals surface area contributed by atoms with E-state index in [4.69, 9.17) is 9.84 Å². The summed E-state index contributed by atoms with van der Waals surface area (Å²) in [5, 5.41) is 22.5. The second-order valence-electron chi connectivity index (χ2n) is 5.83. The number of rotatable bonds is 6. The Morgan fingerprint density at radius 3 is 2.50 bits per heavy atom. The zero-order chi connectivity index (χ0) is 21.1. The summed E-state index contributed by atoms with van der Waals surface area (Å²) in [4.78, 5) is 48.4. The molecule has 2 heterocycles. The maximum absolute atomic E-state index is 12.1. The van der Waals surface area contributed by atoms with E-state index in [2.05, 4.69) is 5.32 Å². The largest absolute Gasteiger partial charge is 0.471 e. The molecule has 0 spiro atoms. The first-order chi connectivity index (χ1) is 13.0. The van der Waals surface area contributed by atoms with E-state index in [1.54, 1.807) is 0 Å². The Morgan fingerprint density at radius 2 is 1.93 bits per heavy atom. The van der Waals surface area contributed by atoms with Crippen LogP contribution in [0, 0.1) is 0 Å². The predicted octanol–water partition coefficient (Wildman–Crippen LogP) is -2.41. The molecule has 28 heavy (non-hydrogen) atoms. The molecule has 0 bridgehead atoms. The Labute approximate surface area is 154 Å². The fourth-order valence-corrected chi connectivity index (χ4v) is 2.46. The van der Waals surface area contributed by atoms with Crippen molar-refractivity contribution in [3.8, 4) is 0 Å². The van der Waals surface area contributed by atoms with Crippen LogP contribution in [0.4, 0.5) is 13.2 Å². The highest BCUT2D eigenvalue weighted by atomic mass is 19.4. The number of nitrogens with zero attached hydrogens (tertiary/aromatic N) is 1.